The Hall–Kier alpha value is -4.05. The minimum atomic E-state index is -4.82. The van der Waals surface area contributed by atoms with E-state index in [4.69, 9.17) is 17.5 Å². The first-order valence-electron chi connectivity index (χ1n) is 12.9. The molecule has 2 saturated heterocycles. The fraction of sp³-hybridized carbons (Fsp3) is 0.407. The average molecular weight is 568 g/mol. The van der Waals surface area contributed by atoms with E-state index >= 15 is 0 Å². The van der Waals surface area contributed by atoms with Crippen LogP contribution in [0.4, 0.5) is 24.5 Å². The molecule has 0 radical (unpaired) electrons. The predicted octanol–water partition coefficient (Wildman–Crippen LogP) is 4.57. The molecule has 6 rings (SSSR count). The van der Waals surface area contributed by atoms with E-state index < -0.39 is 28.9 Å². The molecule has 0 atom stereocenters. The van der Waals surface area contributed by atoms with E-state index in [0.29, 0.717) is 31.6 Å². The minimum absolute atomic E-state index is 0.0627. The molecule has 40 heavy (non-hydrogen) atoms. The third kappa shape index (κ3) is 3.92. The van der Waals surface area contributed by atoms with E-state index in [2.05, 4.69) is 10.1 Å². The molecule has 1 aliphatic carbocycles. The van der Waals surface area contributed by atoms with Crippen molar-refractivity contribution in [1.82, 2.24) is 19.7 Å². The Morgan fingerprint density at radius 1 is 1.15 bits per heavy atom. The number of benzene rings is 1. The van der Waals surface area contributed by atoms with Gasteiger partial charge in [-0.3, -0.25) is 19.2 Å². The number of rotatable bonds is 3. The van der Waals surface area contributed by atoms with Crippen LogP contribution < -0.4 is 9.80 Å². The largest absolute Gasteiger partial charge is 0.419 e. The number of fused-ring (bicyclic) bond motifs is 1. The van der Waals surface area contributed by atoms with Gasteiger partial charge in [0.05, 0.1) is 35.2 Å². The van der Waals surface area contributed by atoms with Crippen molar-refractivity contribution in [2.45, 2.75) is 56.8 Å². The summed E-state index contributed by atoms with van der Waals surface area (Å²) < 4.78 is 42.9. The lowest BCUT2D eigenvalue weighted by Crippen LogP contribution is -2.55. The third-order valence-corrected chi connectivity index (χ3v) is 8.59. The Bertz CT molecular complexity index is 1600. The maximum Gasteiger partial charge on any atom is 0.419 e. The van der Waals surface area contributed by atoms with Crippen molar-refractivity contribution in [1.29, 1.82) is 5.26 Å². The molecule has 2 amide bonds. The van der Waals surface area contributed by atoms with Crippen LogP contribution in [0.2, 0.25) is 0 Å². The molecule has 3 aliphatic rings. The molecule has 4 heterocycles. The number of carbonyl (C=O) groups is 2. The van der Waals surface area contributed by atoms with Gasteiger partial charge in [-0.2, -0.15) is 23.5 Å². The first kappa shape index (κ1) is 26.2. The molecule has 9 nitrogen and oxygen atoms in total. The summed E-state index contributed by atoms with van der Waals surface area (Å²) in [6, 6.07) is 8.04. The zero-order valence-corrected chi connectivity index (χ0v) is 22.3. The first-order chi connectivity index (χ1) is 19.0. The van der Waals surface area contributed by atoms with E-state index in [0.717, 1.165) is 47.3 Å². The fourth-order valence-electron chi connectivity index (χ4n) is 5.99. The van der Waals surface area contributed by atoms with Crippen molar-refractivity contribution >= 4 is 51.4 Å². The second kappa shape index (κ2) is 9.26. The number of halogens is 3. The number of piperidine rings is 1. The Morgan fingerprint density at radius 2 is 1.88 bits per heavy atom. The van der Waals surface area contributed by atoms with Crippen molar-refractivity contribution in [2.24, 2.45) is 0 Å². The number of anilines is 2. The molecule has 3 aromatic rings. The van der Waals surface area contributed by atoms with Crippen molar-refractivity contribution in [2.75, 3.05) is 22.9 Å². The lowest BCUT2D eigenvalue weighted by Gasteiger charge is -2.43. The summed E-state index contributed by atoms with van der Waals surface area (Å²) in [4.78, 5) is 33.8. The van der Waals surface area contributed by atoms with E-state index in [1.54, 1.807) is 18.0 Å². The van der Waals surface area contributed by atoms with Crippen LogP contribution in [0.1, 0.15) is 56.3 Å². The molecule has 1 spiro atoms. The molecule has 2 aromatic heterocycles. The number of pyridine rings is 1. The summed E-state index contributed by atoms with van der Waals surface area (Å²) in [6.45, 7) is 2.91. The number of nitriles is 1. The van der Waals surface area contributed by atoms with Crippen molar-refractivity contribution in [3.05, 3.63) is 47.9 Å². The van der Waals surface area contributed by atoms with Crippen molar-refractivity contribution in [3.8, 4) is 6.07 Å². The van der Waals surface area contributed by atoms with Gasteiger partial charge in [0.15, 0.2) is 10.8 Å². The summed E-state index contributed by atoms with van der Waals surface area (Å²) in [7, 11) is 0. The highest BCUT2D eigenvalue weighted by atomic mass is 32.1. The number of hydrogen-bond acceptors (Lipinski definition) is 6. The van der Waals surface area contributed by atoms with E-state index in [-0.39, 0.29) is 22.7 Å². The van der Waals surface area contributed by atoms with Crippen LogP contribution >= 0.6 is 12.2 Å². The summed E-state index contributed by atoms with van der Waals surface area (Å²) >= 11 is 5.72. The standard InChI is InChI=1S/C27H24F3N7O2S/c1-16(38)34-9-5-18(6-10-34)37-23-4-3-19(11-17(23)14-33-37)36-25(40)35(24(39)26(36)7-2-8-26)20-12-21(27(28,29)30)22(13-31)32-15-20/h3-4,11-12,14-15,18H,2,5-10H2,1H3. The second-order valence-electron chi connectivity index (χ2n) is 10.4. The smallest absolute Gasteiger partial charge is 0.343 e. The Morgan fingerprint density at radius 3 is 2.48 bits per heavy atom. The van der Waals surface area contributed by atoms with Gasteiger partial charge in [0.1, 0.15) is 11.6 Å². The molecule has 0 unspecified atom stereocenters. The van der Waals surface area contributed by atoms with Crippen LogP contribution in [-0.2, 0) is 15.8 Å². The summed E-state index contributed by atoms with van der Waals surface area (Å²) in [5.41, 5.74) is -1.54. The van der Waals surface area contributed by atoms with Crippen LogP contribution in [-0.4, -0.2) is 55.2 Å². The highest BCUT2D eigenvalue weighted by Crippen LogP contribution is 2.48. The van der Waals surface area contributed by atoms with Gasteiger partial charge in [-0.25, -0.2) is 4.98 Å². The third-order valence-electron chi connectivity index (χ3n) is 8.23. The van der Waals surface area contributed by atoms with Crippen LogP contribution in [0, 0.1) is 11.3 Å². The highest BCUT2D eigenvalue weighted by molar-refractivity contribution is 7.81. The Kier molecular flexibility index (Phi) is 6.06. The van der Waals surface area contributed by atoms with Crippen molar-refractivity contribution < 1.29 is 22.8 Å². The fourth-order valence-corrected chi connectivity index (χ4v) is 6.45. The number of likely N-dealkylation sites (tertiary alicyclic amines) is 1. The first-order valence-corrected chi connectivity index (χ1v) is 13.3. The maximum atomic E-state index is 13.7. The summed E-state index contributed by atoms with van der Waals surface area (Å²) in [6.07, 6.45) is 1.38. The molecule has 206 valence electrons. The quantitative estimate of drug-likeness (QED) is 0.428. The van der Waals surface area contributed by atoms with Gasteiger partial charge >= 0.3 is 6.18 Å². The van der Waals surface area contributed by atoms with E-state index in [1.807, 2.05) is 27.8 Å². The Balaban J connectivity index is 1.34. The normalized spacial score (nSPS) is 19.4. The van der Waals surface area contributed by atoms with Gasteiger partial charge in [-0.15, -0.1) is 0 Å². The predicted molar refractivity (Wildman–Crippen MR) is 143 cm³/mol. The van der Waals surface area contributed by atoms with Crippen molar-refractivity contribution in [3.63, 3.8) is 0 Å². The van der Waals surface area contributed by atoms with Crippen LogP contribution in [0.5, 0.6) is 0 Å². The molecular weight excluding hydrogens is 543 g/mol. The molecular formula is C27H24F3N7O2S. The SMILES string of the molecule is CC(=O)N1CCC(n2ncc3cc(N4C(=S)N(c5cnc(C#N)c(C(F)(F)F)c5)C(=O)C45CCC5)ccc32)CC1. The number of alkyl halides is 3. The molecule has 0 N–H and O–H groups in total. The number of aromatic nitrogens is 3. The van der Waals surface area contributed by atoms with Gasteiger partial charge < -0.3 is 9.80 Å². The maximum absolute atomic E-state index is 13.7. The lowest BCUT2D eigenvalue weighted by molar-refractivity contribution is -0.138. The summed E-state index contributed by atoms with van der Waals surface area (Å²) in [5.74, 6) is -0.341. The number of amides is 2. The van der Waals surface area contributed by atoms with E-state index in [9.17, 15) is 22.8 Å². The van der Waals surface area contributed by atoms with Gasteiger partial charge in [0, 0.05) is 31.1 Å². The number of carbonyl (C=O) groups excluding carboxylic acids is 2. The van der Waals surface area contributed by atoms with Gasteiger partial charge in [-0.05, 0) is 68.6 Å². The monoisotopic (exact) mass is 567 g/mol. The topological polar surface area (TPSA) is 98.4 Å². The van der Waals surface area contributed by atoms with Crippen LogP contribution in [0.25, 0.3) is 10.9 Å². The van der Waals surface area contributed by atoms with Gasteiger partial charge in [0.25, 0.3) is 5.91 Å². The van der Waals surface area contributed by atoms with Crippen LogP contribution in [0.3, 0.4) is 0 Å². The molecule has 0 bridgehead atoms. The zero-order valence-electron chi connectivity index (χ0n) is 21.5. The van der Waals surface area contributed by atoms with Crippen LogP contribution in [0.15, 0.2) is 36.7 Å². The number of nitrogens with zero attached hydrogens (tertiary/aromatic N) is 7. The highest BCUT2D eigenvalue weighted by Gasteiger charge is 2.59. The summed E-state index contributed by atoms with van der Waals surface area (Å²) in [5, 5.41) is 14.6. The molecule has 1 aromatic carbocycles. The molecule has 1 saturated carbocycles. The van der Waals surface area contributed by atoms with E-state index in [1.165, 1.54) is 6.07 Å². The Labute approximate surface area is 232 Å². The number of hydrogen-bond donors (Lipinski definition) is 0. The average Bonchev–Trinajstić information content (AvgIpc) is 3.43. The number of thiocarbonyl (C=S) groups is 1. The zero-order chi connectivity index (χ0) is 28.4. The molecule has 3 fully saturated rings. The molecule has 2 aliphatic heterocycles. The van der Waals surface area contributed by atoms with Gasteiger partial charge in [0.2, 0.25) is 5.91 Å². The second-order valence-corrected chi connectivity index (χ2v) is 10.8. The lowest BCUT2D eigenvalue weighted by atomic mass is 9.75. The van der Waals surface area contributed by atoms with Gasteiger partial charge in [-0.1, -0.05) is 0 Å². The molecule has 13 heteroatoms. The minimum Gasteiger partial charge on any atom is -0.343 e.